The van der Waals surface area contributed by atoms with E-state index in [2.05, 4.69) is 20.2 Å². The van der Waals surface area contributed by atoms with E-state index in [9.17, 15) is 22.5 Å². The number of aromatic nitrogens is 2. The third kappa shape index (κ3) is 5.70. The van der Waals surface area contributed by atoms with Gasteiger partial charge in [0.2, 0.25) is 27.8 Å². The highest BCUT2D eigenvalue weighted by Crippen LogP contribution is 2.51. The summed E-state index contributed by atoms with van der Waals surface area (Å²) >= 11 is 0. The zero-order valence-corrected chi connectivity index (χ0v) is 19.7. The van der Waals surface area contributed by atoms with Gasteiger partial charge in [0.25, 0.3) is 0 Å². The van der Waals surface area contributed by atoms with Crippen molar-refractivity contribution in [2.45, 2.75) is 44.6 Å². The van der Waals surface area contributed by atoms with Crippen LogP contribution >= 0.6 is 0 Å². The van der Waals surface area contributed by atoms with Gasteiger partial charge in [-0.05, 0) is 25.8 Å². The first-order valence-corrected chi connectivity index (χ1v) is 12.8. The third-order valence-corrected chi connectivity index (χ3v) is 8.61. The number of anilines is 1. The Labute approximate surface area is 193 Å². The molecule has 0 amide bonds. The van der Waals surface area contributed by atoms with Crippen molar-refractivity contribution in [1.29, 1.82) is 5.26 Å². The SMILES string of the molecule is CN1CC(CS(=O)(=O)N2CCC(Nc3ncc(C#N)c(OCC4(C)CC(F)(F)C4)n3)CC2)C1. The van der Waals surface area contributed by atoms with Crippen LogP contribution in [0.5, 0.6) is 5.88 Å². The lowest BCUT2D eigenvalue weighted by Crippen LogP contribution is -2.50. The van der Waals surface area contributed by atoms with Crippen molar-refractivity contribution in [1.82, 2.24) is 19.2 Å². The summed E-state index contributed by atoms with van der Waals surface area (Å²) in [5.74, 6) is -1.93. The molecule has 1 aromatic rings. The fraction of sp³-hybridized carbons (Fsp3) is 0.762. The predicted molar refractivity (Wildman–Crippen MR) is 118 cm³/mol. The molecule has 1 aliphatic carbocycles. The van der Waals surface area contributed by atoms with Crippen LogP contribution in [0.2, 0.25) is 0 Å². The molecule has 3 aliphatic rings. The molecule has 12 heteroatoms. The van der Waals surface area contributed by atoms with Gasteiger partial charge in [-0.3, -0.25) is 0 Å². The standard InChI is InChI=1S/C21H30F2N6O3S/c1-20(12-21(22,23)13-20)14-32-18-16(7-24)8-25-19(27-18)26-17-3-5-29(6-4-17)33(30,31)11-15-9-28(2)10-15/h8,15,17H,3-6,9-14H2,1-2H3,(H,25,26,27). The van der Waals surface area contributed by atoms with E-state index in [-0.39, 0.29) is 54.6 Å². The Kier molecular flexibility index (Phi) is 6.50. The van der Waals surface area contributed by atoms with Crippen molar-refractivity contribution >= 4 is 16.0 Å². The van der Waals surface area contributed by atoms with Crippen molar-refractivity contribution in [2.75, 3.05) is 50.9 Å². The molecule has 0 spiro atoms. The monoisotopic (exact) mass is 484 g/mol. The van der Waals surface area contributed by atoms with Crippen molar-refractivity contribution in [3.05, 3.63) is 11.8 Å². The number of sulfonamides is 1. The molecular weight excluding hydrogens is 454 g/mol. The van der Waals surface area contributed by atoms with E-state index >= 15 is 0 Å². The number of rotatable bonds is 8. The molecule has 0 aromatic carbocycles. The van der Waals surface area contributed by atoms with Gasteiger partial charge in [0.1, 0.15) is 11.6 Å². The first-order chi connectivity index (χ1) is 15.5. The van der Waals surface area contributed by atoms with Crippen molar-refractivity contribution in [3.8, 4) is 11.9 Å². The number of hydrogen-bond acceptors (Lipinski definition) is 8. The lowest BCUT2D eigenvalue weighted by atomic mass is 9.68. The summed E-state index contributed by atoms with van der Waals surface area (Å²) in [4.78, 5) is 10.5. The maximum atomic E-state index is 13.2. The molecule has 33 heavy (non-hydrogen) atoms. The summed E-state index contributed by atoms with van der Waals surface area (Å²) in [5, 5.41) is 12.5. The zero-order chi connectivity index (χ0) is 23.9. The van der Waals surface area contributed by atoms with Gasteiger partial charge in [0, 0.05) is 50.5 Å². The number of hydrogen-bond donors (Lipinski definition) is 1. The minimum atomic E-state index is -3.27. The third-order valence-electron chi connectivity index (χ3n) is 6.57. The van der Waals surface area contributed by atoms with Gasteiger partial charge in [-0.1, -0.05) is 6.92 Å². The minimum absolute atomic E-state index is 0.0186. The first kappa shape index (κ1) is 24.0. The Bertz CT molecular complexity index is 1010. The van der Waals surface area contributed by atoms with Crippen LogP contribution in [0.15, 0.2) is 6.20 Å². The van der Waals surface area contributed by atoms with E-state index in [0.29, 0.717) is 25.9 Å². The predicted octanol–water partition coefficient (Wildman–Crippen LogP) is 1.93. The second-order valence-electron chi connectivity index (χ2n) is 10.0. The molecule has 3 fully saturated rings. The van der Waals surface area contributed by atoms with Crippen LogP contribution in [-0.4, -0.2) is 85.1 Å². The second kappa shape index (κ2) is 8.92. The molecule has 1 aromatic heterocycles. The number of likely N-dealkylation sites (tertiary alicyclic amines) is 1. The maximum absolute atomic E-state index is 13.2. The Morgan fingerprint density at radius 3 is 2.55 bits per heavy atom. The lowest BCUT2D eigenvalue weighted by molar-refractivity contribution is -0.165. The summed E-state index contributed by atoms with van der Waals surface area (Å²) < 4.78 is 59.0. The quantitative estimate of drug-likeness (QED) is 0.596. The van der Waals surface area contributed by atoms with Crippen LogP contribution in [0.3, 0.4) is 0 Å². The van der Waals surface area contributed by atoms with Crippen LogP contribution in [0.25, 0.3) is 0 Å². The van der Waals surface area contributed by atoms with E-state index in [1.807, 2.05) is 13.1 Å². The molecule has 3 heterocycles. The number of nitrogens with one attached hydrogen (secondary N) is 1. The summed E-state index contributed by atoms with van der Waals surface area (Å²) in [6.45, 7) is 4.25. The Hall–Kier alpha value is -2.10. The second-order valence-corrected chi connectivity index (χ2v) is 12.0. The molecule has 2 aliphatic heterocycles. The van der Waals surface area contributed by atoms with Gasteiger partial charge in [-0.25, -0.2) is 26.5 Å². The Morgan fingerprint density at radius 2 is 1.97 bits per heavy atom. The molecule has 0 atom stereocenters. The molecule has 0 unspecified atom stereocenters. The molecule has 9 nitrogen and oxygen atoms in total. The average Bonchev–Trinajstić information content (AvgIpc) is 2.70. The number of nitrogens with zero attached hydrogens (tertiary/aromatic N) is 5. The zero-order valence-electron chi connectivity index (χ0n) is 18.9. The van der Waals surface area contributed by atoms with Crippen molar-refractivity contribution in [3.63, 3.8) is 0 Å². The molecular formula is C21H30F2N6O3S. The van der Waals surface area contributed by atoms with E-state index in [4.69, 9.17) is 4.74 Å². The largest absolute Gasteiger partial charge is 0.476 e. The summed E-state index contributed by atoms with van der Waals surface area (Å²) in [6, 6.07) is 1.94. The summed E-state index contributed by atoms with van der Waals surface area (Å²) in [7, 11) is -1.29. The Morgan fingerprint density at radius 1 is 1.30 bits per heavy atom. The van der Waals surface area contributed by atoms with E-state index in [0.717, 1.165) is 13.1 Å². The molecule has 0 bridgehead atoms. The highest BCUT2D eigenvalue weighted by Gasteiger charge is 2.54. The molecule has 1 saturated carbocycles. The molecule has 0 radical (unpaired) electrons. The number of ether oxygens (including phenoxy) is 1. The van der Waals surface area contributed by atoms with Crippen molar-refractivity contribution in [2.24, 2.45) is 11.3 Å². The molecule has 4 rings (SSSR count). The van der Waals surface area contributed by atoms with Gasteiger partial charge in [-0.2, -0.15) is 10.2 Å². The van der Waals surface area contributed by atoms with E-state index in [1.165, 1.54) is 6.20 Å². The fourth-order valence-electron chi connectivity index (χ4n) is 4.96. The Balaban J connectivity index is 1.30. The smallest absolute Gasteiger partial charge is 0.249 e. The summed E-state index contributed by atoms with van der Waals surface area (Å²) in [5.41, 5.74) is -0.514. The van der Waals surface area contributed by atoms with Crippen molar-refractivity contribution < 1.29 is 21.9 Å². The first-order valence-electron chi connectivity index (χ1n) is 11.2. The lowest BCUT2D eigenvalue weighted by Gasteiger charge is -2.44. The number of piperidine rings is 1. The number of nitriles is 1. The highest BCUT2D eigenvalue weighted by atomic mass is 32.2. The molecule has 1 N–H and O–H groups in total. The van der Waals surface area contributed by atoms with Crippen LogP contribution in [0, 0.1) is 22.7 Å². The van der Waals surface area contributed by atoms with E-state index < -0.39 is 21.4 Å². The fourth-order valence-corrected chi connectivity index (χ4v) is 6.75. The average molecular weight is 485 g/mol. The highest BCUT2D eigenvalue weighted by molar-refractivity contribution is 7.89. The van der Waals surface area contributed by atoms with Gasteiger partial charge >= 0.3 is 0 Å². The minimum Gasteiger partial charge on any atom is -0.476 e. The number of alkyl halides is 2. The normalized spacial score (nSPS) is 23.8. The molecule has 2 saturated heterocycles. The van der Waals surface area contributed by atoms with Gasteiger partial charge in [-0.15, -0.1) is 0 Å². The van der Waals surface area contributed by atoms with Crippen LogP contribution in [0.1, 0.15) is 38.2 Å². The van der Waals surface area contributed by atoms with Crippen LogP contribution in [0.4, 0.5) is 14.7 Å². The molecule has 182 valence electrons. The summed E-state index contributed by atoms with van der Waals surface area (Å²) in [6.07, 6.45) is 2.05. The van der Waals surface area contributed by atoms with Gasteiger partial charge in [0.15, 0.2) is 0 Å². The maximum Gasteiger partial charge on any atom is 0.249 e. The topological polar surface area (TPSA) is 111 Å². The number of halogens is 2. The van der Waals surface area contributed by atoms with Crippen LogP contribution in [-0.2, 0) is 10.0 Å². The van der Waals surface area contributed by atoms with E-state index in [1.54, 1.807) is 11.2 Å². The van der Waals surface area contributed by atoms with Gasteiger partial charge < -0.3 is 15.0 Å². The van der Waals surface area contributed by atoms with Gasteiger partial charge in [0.05, 0.1) is 18.6 Å². The van der Waals surface area contributed by atoms with Crippen LogP contribution < -0.4 is 10.1 Å².